The summed E-state index contributed by atoms with van der Waals surface area (Å²) < 4.78 is 5.06. The first kappa shape index (κ1) is 14.8. The average molecular weight is 288 g/mol. The van der Waals surface area contributed by atoms with Gasteiger partial charge in [-0.15, -0.1) is 0 Å². The Morgan fingerprint density at radius 1 is 1.24 bits per heavy atom. The van der Waals surface area contributed by atoms with Gasteiger partial charge in [0.1, 0.15) is 5.75 Å². The molecule has 21 heavy (non-hydrogen) atoms. The molecule has 0 radical (unpaired) electrons. The fourth-order valence-corrected chi connectivity index (χ4v) is 1.95. The van der Waals surface area contributed by atoms with Crippen LogP contribution in [0.2, 0.25) is 0 Å². The molecule has 0 spiro atoms. The van der Waals surface area contributed by atoms with Crippen LogP contribution < -0.4 is 10.1 Å². The van der Waals surface area contributed by atoms with Crippen molar-refractivity contribution in [3.05, 3.63) is 63.7 Å². The zero-order chi connectivity index (χ0) is 15.2. The van der Waals surface area contributed by atoms with Crippen molar-refractivity contribution in [1.29, 1.82) is 0 Å². The molecule has 6 heteroatoms. The van der Waals surface area contributed by atoms with Crippen molar-refractivity contribution in [2.75, 3.05) is 12.4 Å². The number of aliphatic hydroxyl groups excluding tert-OH is 1. The van der Waals surface area contributed by atoms with Crippen LogP contribution >= 0.6 is 0 Å². The van der Waals surface area contributed by atoms with Gasteiger partial charge in [0, 0.05) is 24.4 Å². The molecule has 110 valence electrons. The van der Waals surface area contributed by atoms with Crippen molar-refractivity contribution in [2.24, 2.45) is 0 Å². The second-order valence-electron chi connectivity index (χ2n) is 4.51. The van der Waals surface area contributed by atoms with Crippen LogP contribution in [-0.4, -0.2) is 17.1 Å². The Hall–Kier alpha value is -2.60. The summed E-state index contributed by atoms with van der Waals surface area (Å²) in [6, 6.07) is 12.0. The van der Waals surface area contributed by atoms with Crippen LogP contribution in [0.25, 0.3) is 0 Å². The number of aliphatic hydroxyl groups is 1. The number of rotatable bonds is 6. The van der Waals surface area contributed by atoms with Crippen LogP contribution in [0.5, 0.6) is 5.75 Å². The first-order valence-corrected chi connectivity index (χ1v) is 6.38. The molecule has 0 aliphatic heterocycles. The Labute approximate surface area is 122 Å². The summed E-state index contributed by atoms with van der Waals surface area (Å²) in [6.45, 7) is 0.483. The number of ether oxygens (including phenoxy) is 1. The number of nitro groups is 1. The minimum Gasteiger partial charge on any atom is -0.496 e. The van der Waals surface area contributed by atoms with E-state index in [1.54, 1.807) is 6.07 Å². The number of nitrogens with one attached hydrogen (secondary N) is 1. The largest absolute Gasteiger partial charge is 0.496 e. The summed E-state index contributed by atoms with van der Waals surface area (Å²) in [5.41, 5.74) is 2.38. The van der Waals surface area contributed by atoms with Crippen LogP contribution in [0.1, 0.15) is 11.1 Å². The van der Waals surface area contributed by atoms with Gasteiger partial charge in [0.25, 0.3) is 5.69 Å². The van der Waals surface area contributed by atoms with Crippen molar-refractivity contribution in [3.63, 3.8) is 0 Å². The van der Waals surface area contributed by atoms with Crippen molar-refractivity contribution < 1.29 is 14.8 Å². The number of nitrogens with zero attached hydrogens (tertiary/aromatic N) is 1. The lowest BCUT2D eigenvalue weighted by atomic mass is 10.1. The van der Waals surface area contributed by atoms with E-state index in [0.29, 0.717) is 18.0 Å². The van der Waals surface area contributed by atoms with E-state index >= 15 is 0 Å². The van der Waals surface area contributed by atoms with Gasteiger partial charge in [-0.3, -0.25) is 10.1 Å². The highest BCUT2D eigenvalue weighted by molar-refractivity contribution is 5.56. The third kappa shape index (κ3) is 3.93. The zero-order valence-corrected chi connectivity index (χ0v) is 11.6. The van der Waals surface area contributed by atoms with Gasteiger partial charge in [-0.25, -0.2) is 0 Å². The Balaban J connectivity index is 2.15. The van der Waals surface area contributed by atoms with Crippen LogP contribution in [0.3, 0.4) is 0 Å². The van der Waals surface area contributed by atoms with Gasteiger partial charge in [-0.1, -0.05) is 24.3 Å². The number of non-ortho nitro benzene ring substituents is 1. The number of hydrogen-bond donors (Lipinski definition) is 2. The Bertz CT molecular complexity index is 643. The predicted molar refractivity (Wildman–Crippen MR) is 79.3 cm³/mol. The maximum Gasteiger partial charge on any atom is 0.275 e. The molecule has 0 saturated carbocycles. The quantitative estimate of drug-likeness (QED) is 0.630. The Morgan fingerprint density at radius 2 is 2.00 bits per heavy atom. The molecule has 0 aliphatic carbocycles. The summed E-state index contributed by atoms with van der Waals surface area (Å²) in [6.07, 6.45) is 0. The SMILES string of the molecule is COc1cc(NCc2cccc(CO)c2)cc([N+](=O)[O-])c1. The Kier molecular flexibility index (Phi) is 4.73. The lowest BCUT2D eigenvalue weighted by Crippen LogP contribution is -2.01. The average Bonchev–Trinajstić information content (AvgIpc) is 2.52. The van der Waals surface area contributed by atoms with Gasteiger partial charge < -0.3 is 15.2 Å². The summed E-state index contributed by atoms with van der Waals surface area (Å²) in [5.74, 6) is 0.427. The van der Waals surface area contributed by atoms with Gasteiger partial charge in [0.2, 0.25) is 0 Å². The molecular formula is C15H16N2O4. The number of benzene rings is 2. The maximum atomic E-state index is 10.9. The molecule has 0 heterocycles. The molecule has 0 bridgehead atoms. The highest BCUT2D eigenvalue weighted by Gasteiger charge is 2.10. The van der Waals surface area contributed by atoms with Gasteiger partial charge in [-0.2, -0.15) is 0 Å². The van der Waals surface area contributed by atoms with E-state index in [1.165, 1.54) is 19.2 Å². The molecule has 2 aromatic carbocycles. The minimum absolute atomic E-state index is 0.0154. The third-order valence-corrected chi connectivity index (χ3v) is 3.01. The number of anilines is 1. The van der Waals surface area contributed by atoms with E-state index < -0.39 is 4.92 Å². The molecule has 2 N–H and O–H groups in total. The lowest BCUT2D eigenvalue weighted by molar-refractivity contribution is -0.384. The summed E-state index contributed by atoms with van der Waals surface area (Å²) in [5, 5.41) is 23.1. The molecule has 0 amide bonds. The van der Waals surface area contributed by atoms with E-state index in [4.69, 9.17) is 9.84 Å². The Morgan fingerprint density at radius 3 is 2.67 bits per heavy atom. The maximum absolute atomic E-state index is 10.9. The summed E-state index contributed by atoms with van der Waals surface area (Å²) in [4.78, 5) is 10.4. The number of nitro benzene ring substituents is 1. The smallest absolute Gasteiger partial charge is 0.275 e. The van der Waals surface area contributed by atoms with E-state index in [9.17, 15) is 10.1 Å². The van der Waals surface area contributed by atoms with Crippen molar-refractivity contribution in [1.82, 2.24) is 0 Å². The topological polar surface area (TPSA) is 84.6 Å². The molecule has 0 fully saturated rings. The molecule has 0 atom stereocenters. The first-order chi connectivity index (χ1) is 10.1. The first-order valence-electron chi connectivity index (χ1n) is 6.38. The van der Waals surface area contributed by atoms with Crippen molar-refractivity contribution >= 4 is 11.4 Å². The molecule has 0 aliphatic rings. The second kappa shape index (κ2) is 6.71. The number of methoxy groups -OCH3 is 1. The molecular weight excluding hydrogens is 272 g/mol. The molecule has 2 aromatic rings. The van der Waals surface area contributed by atoms with Crippen LogP contribution in [0, 0.1) is 10.1 Å². The minimum atomic E-state index is -0.458. The predicted octanol–water partition coefficient (Wildman–Crippen LogP) is 2.71. The van der Waals surface area contributed by atoms with Gasteiger partial charge in [0.15, 0.2) is 0 Å². The molecule has 0 aromatic heterocycles. The summed E-state index contributed by atoms with van der Waals surface area (Å²) in [7, 11) is 1.47. The third-order valence-electron chi connectivity index (χ3n) is 3.01. The monoisotopic (exact) mass is 288 g/mol. The zero-order valence-electron chi connectivity index (χ0n) is 11.6. The van der Waals surface area contributed by atoms with E-state index in [-0.39, 0.29) is 12.3 Å². The van der Waals surface area contributed by atoms with Gasteiger partial charge in [0.05, 0.1) is 24.7 Å². The van der Waals surface area contributed by atoms with E-state index in [0.717, 1.165) is 11.1 Å². The second-order valence-corrected chi connectivity index (χ2v) is 4.51. The highest BCUT2D eigenvalue weighted by Crippen LogP contribution is 2.26. The normalized spacial score (nSPS) is 10.2. The van der Waals surface area contributed by atoms with Crippen molar-refractivity contribution in [2.45, 2.75) is 13.2 Å². The van der Waals surface area contributed by atoms with Crippen LogP contribution in [-0.2, 0) is 13.2 Å². The molecule has 0 unspecified atom stereocenters. The fourth-order valence-electron chi connectivity index (χ4n) is 1.95. The summed E-state index contributed by atoms with van der Waals surface area (Å²) >= 11 is 0. The highest BCUT2D eigenvalue weighted by atomic mass is 16.6. The van der Waals surface area contributed by atoms with Crippen LogP contribution in [0.4, 0.5) is 11.4 Å². The van der Waals surface area contributed by atoms with Crippen LogP contribution in [0.15, 0.2) is 42.5 Å². The van der Waals surface area contributed by atoms with E-state index in [2.05, 4.69) is 5.32 Å². The van der Waals surface area contributed by atoms with E-state index in [1.807, 2.05) is 24.3 Å². The molecule has 2 rings (SSSR count). The number of hydrogen-bond acceptors (Lipinski definition) is 5. The lowest BCUT2D eigenvalue weighted by Gasteiger charge is -2.09. The fraction of sp³-hybridized carbons (Fsp3) is 0.200. The van der Waals surface area contributed by atoms with Gasteiger partial charge >= 0.3 is 0 Å². The molecule has 6 nitrogen and oxygen atoms in total. The van der Waals surface area contributed by atoms with Crippen molar-refractivity contribution in [3.8, 4) is 5.75 Å². The standard InChI is InChI=1S/C15H16N2O4/c1-21-15-7-13(6-14(8-15)17(19)20)16-9-11-3-2-4-12(5-11)10-18/h2-8,16,18H,9-10H2,1H3. The van der Waals surface area contributed by atoms with Gasteiger partial charge in [-0.05, 0) is 11.1 Å². The molecule has 0 saturated heterocycles.